The van der Waals surface area contributed by atoms with E-state index in [-0.39, 0.29) is 0 Å². The molecule has 0 bridgehead atoms. The highest BCUT2D eigenvalue weighted by Gasteiger charge is 2.23. The van der Waals surface area contributed by atoms with Crippen molar-refractivity contribution in [2.75, 3.05) is 0 Å². The molecule has 0 nitrogen and oxygen atoms in total. The third-order valence-electron chi connectivity index (χ3n) is 11.3. The van der Waals surface area contributed by atoms with Crippen LogP contribution >= 0.6 is 0 Å². The molecule has 0 heteroatoms. The van der Waals surface area contributed by atoms with Crippen LogP contribution in [0.3, 0.4) is 0 Å². The van der Waals surface area contributed by atoms with Gasteiger partial charge in [-0.25, -0.2) is 0 Å². The van der Waals surface area contributed by atoms with Crippen molar-refractivity contribution in [2.24, 2.45) is 0 Å². The van der Waals surface area contributed by atoms with Gasteiger partial charge in [-0.1, -0.05) is 142 Å². The van der Waals surface area contributed by atoms with Crippen molar-refractivity contribution in [2.45, 2.75) is 46.5 Å². The molecule has 0 atom stereocenters. The van der Waals surface area contributed by atoms with Crippen LogP contribution in [-0.4, -0.2) is 0 Å². The van der Waals surface area contributed by atoms with Gasteiger partial charge in [-0.2, -0.15) is 0 Å². The standard InChI is InChI=1S/C49H38/c1-27(2)35-17-14-30-15-18-42-44(28(3)4)26-45(43-22-21-40(35)47(30)49(42)43)34-13-11-31-24-33(12-10-32(31)25-34)36-19-20-41-37-16-9-29(5)23-46(37)39-8-6-7-38(36)48(39)41/h6-28H,1-5H3. The number of fused-ring (bicyclic) bond motifs is 4. The van der Waals surface area contributed by atoms with Crippen LogP contribution in [0.15, 0.2) is 127 Å². The highest BCUT2D eigenvalue weighted by Crippen LogP contribution is 2.50. The molecule has 0 saturated carbocycles. The van der Waals surface area contributed by atoms with Crippen molar-refractivity contribution >= 4 is 53.9 Å². The predicted molar refractivity (Wildman–Crippen MR) is 213 cm³/mol. The van der Waals surface area contributed by atoms with Gasteiger partial charge in [-0.05, 0) is 146 Å². The number of hydrogen-bond acceptors (Lipinski definition) is 0. The molecule has 1 aliphatic carbocycles. The van der Waals surface area contributed by atoms with Gasteiger partial charge in [0.2, 0.25) is 0 Å². The maximum Gasteiger partial charge on any atom is -0.00176 e. The van der Waals surface area contributed by atoms with Gasteiger partial charge < -0.3 is 0 Å². The van der Waals surface area contributed by atoms with Gasteiger partial charge >= 0.3 is 0 Å². The first-order valence-corrected chi connectivity index (χ1v) is 17.8. The van der Waals surface area contributed by atoms with Crippen molar-refractivity contribution < 1.29 is 0 Å². The van der Waals surface area contributed by atoms with E-state index in [9.17, 15) is 0 Å². The second kappa shape index (κ2) is 10.3. The Hall–Kier alpha value is -5.46. The van der Waals surface area contributed by atoms with Gasteiger partial charge in [0, 0.05) is 0 Å². The zero-order valence-corrected chi connectivity index (χ0v) is 28.8. The molecule has 0 amide bonds. The maximum absolute atomic E-state index is 2.47. The molecule has 49 heavy (non-hydrogen) atoms. The minimum Gasteiger partial charge on any atom is -0.0610 e. The second-order valence-corrected chi connectivity index (χ2v) is 14.9. The Labute approximate surface area is 288 Å². The van der Waals surface area contributed by atoms with Gasteiger partial charge in [0.25, 0.3) is 0 Å². The van der Waals surface area contributed by atoms with Crippen LogP contribution in [0, 0.1) is 6.92 Å². The fraction of sp³-hybridized carbons (Fsp3) is 0.143. The van der Waals surface area contributed by atoms with Gasteiger partial charge in [-0.3, -0.25) is 0 Å². The van der Waals surface area contributed by atoms with E-state index in [4.69, 9.17) is 0 Å². The first-order valence-electron chi connectivity index (χ1n) is 17.8. The van der Waals surface area contributed by atoms with Crippen molar-refractivity contribution in [1.82, 2.24) is 0 Å². The van der Waals surface area contributed by atoms with E-state index >= 15 is 0 Å². The Morgan fingerprint density at radius 2 is 0.939 bits per heavy atom. The van der Waals surface area contributed by atoms with E-state index < -0.39 is 0 Å². The summed E-state index contributed by atoms with van der Waals surface area (Å²) >= 11 is 0. The Kier molecular flexibility index (Phi) is 5.98. The average molecular weight is 627 g/mol. The lowest BCUT2D eigenvalue weighted by atomic mass is 9.82. The fourth-order valence-corrected chi connectivity index (χ4v) is 8.97. The summed E-state index contributed by atoms with van der Waals surface area (Å²) in [6.45, 7) is 11.5. The van der Waals surface area contributed by atoms with Crippen LogP contribution in [0.2, 0.25) is 0 Å². The van der Waals surface area contributed by atoms with Crippen molar-refractivity contribution in [3.63, 3.8) is 0 Å². The van der Waals surface area contributed by atoms with Gasteiger partial charge in [0.15, 0.2) is 0 Å². The zero-order chi connectivity index (χ0) is 33.1. The summed E-state index contributed by atoms with van der Waals surface area (Å²) in [4.78, 5) is 0. The number of hydrogen-bond donors (Lipinski definition) is 0. The molecule has 0 unspecified atom stereocenters. The van der Waals surface area contributed by atoms with Crippen molar-refractivity contribution in [3.05, 3.63) is 144 Å². The Morgan fingerprint density at radius 3 is 1.71 bits per heavy atom. The summed E-state index contributed by atoms with van der Waals surface area (Å²) in [7, 11) is 0. The number of benzene rings is 9. The lowest BCUT2D eigenvalue weighted by Crippen LogP contribution is -1.97. The number of aryl methyl sites for hydroxylation is 1. The van der Waals surface area contributed by atoms with Crippen LogP contribution < -0.4 is 0 Å². The molecule has 9 aromatic rings. The van der Waals surface area contributed by atoms with E-state index in [1.54, 1.807) is 0 Å². The summed E-state index contributed by atoms with van der Waals surface area (Å²) < 4.78 is 0. The highest BCUT2D eigenvalue weighted by atomic mass is 14.3. The second-order valence-electron chi connectivity index (χ2n) is 14.9. The first kappa shape index (κ1) is 28.5. The van der Waals surface area contributed by atoms with Gasteiger partial charge in [0.1, 0.15) is 0 Å². The largest absolute Gasteiger partial charge is 0.0610 e. The van der Waals surface area contributed by atoms with Crippen LogP contribution in [0.1, 0.15) is 56.2 Å². The molecule has 10 rings (SSSR count). The minimum atomic E-state index is 0.422. The average Bonchev–Trinajstić information content (AvgIpc) is 3.43. The topological polar surface area (TPSA) is 0 Å². The SMILES string of the molecule is Cc1ccc2c(c1)-c1cccc3c(-c4ccc5cc(-c6cc(C(C)C)c7ccc8ccc(C(C)C)c9ccc6c7c89)ccc5c4)ccc-2c13. The molecule has 0 spiro atoms. The van der Waals surface area contributed by atoms with Crippen LogP contribution in [0.5, 0.6) is 0 Å². The smallest absolute Gasteiger partial charge is 0.00176 e. The number of rotatable bonds is 4. The van der Waals surface area contributed by atoms with E-state index in [1.165, 1.54) is 115 Å². The highest BCUT2D eigenvalue weighted by molar-refractivity contribution is 6.27. The van der Waals surface area contributed by atoms with E-state index in [2.05, 4.69) is 162 Å². The quantitative estimate of drug-likeness (QED) is 0.171. The molecule has 0 aromatic heterocycles. The Balaban J connectivity index is 1.14. The predicted octanol–water partition coefficient (Wildman–Crippen LogP) is 14.4. The molecule has 0 heterocycles. The molecule has 0 fully saturated rings. The molecule has 0 aliphatic heterocycles. The lowest BCUT2D eigenvalue weighted by molar-refractivity contribution is 0.876. The summed E-state index contributed by atoms with van der Waals surface area (Å²) in [5.41, 5.74) is 14.7. The Bertz CT molecular complexity index is 2830. The third-order valence-corrected chi connectivity index (χ3v) is 11.3. The van der Waals surface area contributed by atoms with Crippen LogP contribution in [0.4, 0.5) is 0 Å². The van der Waals surface area contributed by atoms with Crippen molar-refractivity contribution in [1.29, 1.82) is 0 Å². The van der Waals surface area contributed by atoms with Gasteiger partial charge in [0.05, 0.1) is 0 Å². The fourth-order valence-electron chi connectivity index (χ4n) is 8.97. The molecule has 0 radical (unpaired) electrons. The summed E-state index contributed by atoms with van der Waals surface area (Å²) in [5.74, 6) is 0.898. The Morgan fingerprint density at radius 1 is 0.347 bits per heavy atom. The van der Waals surface area contributed by atoms with Crippen LogP contribution in [-0.2, 0) is 0 Å². The maximum atomic E-state index is 2.47. The van der Waals surface area contributed by atoms with Gasteiger partial charge in [-0.15, -0.1) is 0 Å². The summed E-state index contributed by atoms with van der Waals surface area (Å²) in [5, 5.41) is 13.5. The van der Waals surface area contributed by atoms with E-state index in [0.717, 1.165) is 0 Å². The third kappa shape index (κ3) is 4.04. The van der Waals surface area contributed by atoms with Crippen molar-refractivity contribution in [3.8, 4) is 44.5 Å². The van der Waals surface area contributed by atoms with Crippen LogP contribution in [0.25, 0.3) is 98.4 Å². The lowest BCUT2D eigenvalue weighted by Gasteiger charge is -2.21. The minimum absolute atomic E-state index is 0.422. The molecule has 0 saturated heterocycles. The molecule has 0 N–H and O–H groups in total. The molecule has 1 aliphatic rings. The first-order chi connectivity index (χ1) is 23.9. The van der Waals surface area contributed by atoms with E-state index in [0.29, 0.717) is 11.8 Å². The zero-order valence-electron chi connectivity index (χ0n) is 28.8. The summed E-state index contributed by atoms with van der Waals surface area (Å²) in [6.07, 6.45) is 0. The molecular formula is C49H38. The van der Waals surface area contributed by atoms with E-state index in [1.807, 2.05) is 0 Å². The molecular weight excluding hydrogens is 589 g/mol. The molecule has 234 valence electrons. The normalized spacial score (nSPS) is 12.6. The monoisotopic (exact) mass is 626 g/mol. The molecule has 9 aromatic carbocycles. The summed E-state index contributed by atoms with van der Waals surface area (Å²) in [6, 6.07) is 49.0.